The third-order valence-corrected chi connectivity index (χ3v) is 6.10. The van der Waals surface area contributed by atoms with Crippen LogP contribution in [0.5, 0.6) is 0 Å². The smallest absolute Gasteiger partial charge is 0.407 e. The van der Waals surface area contributed by atoms with Crippen molar-refractivity contribution in [2.45, 2.75) is 64.3 Å². The molecular formula is C23H30FIN4O3. The number of benzene rings is 1. The van der Waals surface area contributed by atoms with Crippen molar-refractivity contribution in [3.8, 4) is 0 Å². The SMILES string of the molecule is CC(C)(C)OC(=O)NC1CCC(C2=CC(F)CN(C(N)=O)C2=Nc2cccc(I)c2)CC1. The van der Waals surface area contributed by atoms with Crippen molar-refractivity contribution in [1.29, 1.82) is 0 Å². The van der Waals surface area contributed by atoms with Crippen molar-refractivity contribution in [1.82, 2.24) is 10.2 Å². The molecule has 1 unspecified atom stereocenters. The molecular weight excluding hydrogens is 526 g/mol. The van der Waals surface area contributed by atoms with Crippen molar-refractivity contribution in [2.75, 3.05) is 6.54 Å². The number of alkyl carbamates (subject to hydrolysis) is 1. The van der Waals surface area contributed by atoms with Gasteiger partial charge in [0.05, 0.1) is 12.2 Å². The standard InChI is InChI=1S/C23H30FIN4O3/c1-23(2,3)32-22(31)28-17-9-7-14(8-10-17)19-11-15(24)13-29(21(26)30)20(19)27-18-6-4-5-16(25)12-18/h4-6,11-12,14-15,17H,7-10,13H2,1-3H3,(H2,26,30)(H,28,31). The van der Waals surface area contributed by atoms with E-state index in [1.807, 2.05) is 45.0 Å². The minimum Gasteiger partial charge on any atom is -0.444 e. The number of aliphatic imine (C=N–C) groups is 1. The Morgan fingerprint density at radius 2 is 1.94 bits per heavy atom. The molecule has 1 aromatic rings. The molecule has 1 heterocycles. The number of halogens is 2. The number of nitrogens with zero attached hydrogens (tertiary/aromatic N) is 2. The maximum Gasteiger partial charge on any atom is 0.407 e. The van der Waals surface area contributed by atoms with Gasteiger partial charge in [-0.2, -0.15) is 0 Å². The molecule has 1 atom stereocenters. The predicted octanol–water partition coefficient (Wildman–Crippen LogP) is 5.06. The number of rotatable bonds is 3. The highest BCUT2D eigenvalue weighted by atomic mass is 127. The fraction of sp³-hybridized carbons (Fsp3) is 0.522. The zero-order chi connectivity index (χ0) is 23.5. The average molecular weight is 556 g/mol. The van der Waals surface area contributed by atoms with Crippen LogP contribution in [0.1, 0.15) is 46.5 Å². The molecule has 1 fully saturated rings. The lowest BCUT2D eigenvalue weighted by atomic mass is 9.79. The number of hydrogen-bond donors (Lipinski definition) is 2. The topological polar surface area (TPSA) is 97.0 Å². The minimum absolute atomic E-state index is 0.00482. The van der Waals surface area contributed by atoms with Gasteiger partial charge in [-0.25, -0.2) is 19.0 Å². The van der Waals surface area contributed by atoms with E-state index in [0.717, 1.165) is 29.3 Å². The normalized spacial score (nSPS) is 25.3. The van der Waals surface area contributed by atoms with Crippen LogP contribution in [0.25, 0.3) is 0 Å². The number of nitrogens with one attached hydrogen (secondary N) is 1. The lowest BCUT2D eigenvalue weighted by molar-refractivity contribution is 0.0489. The van der Waals surface area contributed by atoms with Crippen LogP contribution in [-0.2, 0) is 4.74 Å². The summed E-state index contributed by atoms with van der Waals surface area (Å²) in [7, 11) is 0. The molecule has 1 saturated carbocycles. The van der Waals surface area contributed by atoms with Gasteiger partial charge in [0.15, 0.2) is 0 Å². The number of urea groups is 1. The van der Waals surface area contributed by atoms with Gasteiger partial charge in [-0.1, -0.05) is 6.07 Å². The quantitative estimate of drug-likeness (QED) is 0.510. The van der Waals surface area contributed by atoms with E-state index in [0.29, 0.717) is 17.1 Å². The van der Waals surface area contributed by atoms with Crippen LogP contribution in [0.2, 0.25) is 0 Å². The zero-order valence-electron chi connectivity index (χ0n) is 18.6. The van der Waals surface area contributed by atoms with E-state index in [1.54, 1.807) is 6.08 Å². The number of nitrogens with two attached hydrogens (primary N) is 1. The van der Waals surface area contributed by atoms with Gasteiger partial charge < -0.3 is 15.8 Å². The van der Waals surface area contributed by atoms with Gasteiger partial charge >= 0.3 is 12.1 Å². The summed E-state index contributed by atoms with van der Waals surface area (Å²) in [5, 5.41) is 2.92. The average Bonchev–Trinajstić information content (AvgIpc) is 2.68. The first-order valence-corrected chi connectivity index (χ1v) is 11.9. The first-order valence-electron chi connectivity index (χ1n) is 10.8. The summed E-state index contributed by atoms with van der Waals surface area (Å²) in [5.41, 5.74) is 6.41. The molecule has 7 nitrogen and oxygen atoms in total. The van der Waals surface area contributed by atoms with E-state index in [1.165, 1.54) is 4.90 Å². The number of carbonyl (C=O) groups is 2. The molecule has 2 aliphatic rings. The molecule has 1 aromatic carbocycles. The van der Waals surface area contributed by atoms with Crippen molar-refractivity contribution in [3.05, 3.63) is 39.5 Å². The number of ether oxygens (including phenoxy) is 1. The Labute approximate surface area is 201 Å². The number of carbonyl (C=O) groups excluding carboxylic acids is 2. The molecule has 3 amide bonds. The number of hydrogen-bond acceptors (Lipinski definition) is 4. The highest BCUT2D eigenvalue weighted by Crippen LogP contribution is 2.35. The monoisotopic (exact) mass is 556 g/mol. The highest BCUT2D eigenvalue weighted by molar-refractivity contribution is 14.1. The van der Waals surface area contributed by atoms with Crippen LogP contribution in [0, 0.1) is 9.49 Å². The van der Waals surface area contributed by atoms with Gasteiger partial charge in [0, 0.05) is 9.61 Å². The first-order chi connectivity index (χ1) is 15.0. The summed E-state index contributed by atoms with van der Waals surface area (Å²) in [6, 6.07) is 6.85. The number of amidine groups is 1. The molecule has 1 aliphatic heterocycles. The summed E-state index contributed by atoms with van der Waals surface area (Å²) in [6.07, 6.45) is 2.76. The maximum absolute atomic E-state index is 14.5. The summed E-state index contributed by atoms with van der Waals surface area (Å²) in [6.45, 7) is 5.33. The molecule has 1 aliphatic carbocycles. The van der Waals surface area contributed by atoms with Gasteiger partial charge in [0.1, 0.15) is 17.6 Å². The molecule has 0 saturated heterocycles. The fourth-order valence-electron chi connectivity index (χ4n) is 4.07. The van der Waals surface area contributed by atoms with Crippen LogP contribution in [0.3, 0.4) is 0 Å². The van der Waals surface area contributed by atoms with E-state index in [2.05, 4.69) is 27.9 Å². The van der Waals surface area contributed by atoms with Crippen molar-refractivity contribution < 1.29 is 18.7 Å². The Hall–Kier alpha value is -2.17. The van der Waals surface area contributed by atoms with E-state index >= 15 is 0 Å². The van der Waals surface area contributed by atoms with Gasteiger partial charge in [0.25, 0.3) is 0 Å². The molecule has 174 valence electrons. The highest BCUT2D eigenvalue weighted by Gasteiger charge is 2.35. The largest absolute Gasteiger partial charge is 0.444 e. The fourth-order valence-corrected chi connectivity index (χ4v) is 4.59. The molecule has 0 radical (unpaired) electrons. The van der Waals surface area contributed by atoms with Crippen molar-refractivity contribution in [2.24, 2.45) is 16.6 Å². The minimum atomic E-state index is -1.30. The van der Waals surface area contributed by atoms with E-state index < -0.39 is 23.9 Å². The van der Waals surface area contributed by atoms with Gasteiger partial charge in [-0.3, -0.25) is 4.90 Å². The van der Waals surface area contributed by atoms with Crippen LogP contribution in [0.4, 0.5) is 19.7 Å². The lowest BCUT2D eigenvalue weighted by Crippen LogP contribution is -2.49. The summed E-state index contributed by atoms with van der Waals surface area (Å²) < 4.78 is 20.9. The number of alkyl halides is 1. The van der Waals surface area contributed by atoms with Crippen LogP contribution in [0.15, 0.2) is 40.9 Å². The molecule has 0 spiro atoms. The second-order valence-electron chi connectivity index (χ2n) is 9.20. The van der Waals surface area contributed by atoms with Gasteiger partial charge in [0.2, 0.25) is 0 Å². The molecule has 3 N–H and O–H groups in total. The van der Waals surface area contributed by atoms with E-state index in [4.69, 9.17) is 15.5 Å². The second kappa shape index (κ2) is 10.2. The van der Waals surface area contributed by atoms with Crippen LogP contribution < -0.4 is 11.1 Å². The Kier molecular flexibility index (Phi) is 7.79. The van der Waals surface area contributed by atoms with Crippen molar-refractivity contribution in [3.63, 3.8) is 0 Å². The number of primary amides is 1. The zero-order valence-corrected chi connectivity index (χ0v) is 20.8. The third-order valence-electron chi connectivity index (χ3n) is 5.43. The number of amides is 3. The molecule has 0 aromatic heterocycles. The molecule has 9 heteroatoms. The van der Waals surface area contributed by atoms with E-state index in [-0.39, 0.29) is 18.5 Å². The second-order valence-corrected chi connectivity index (χ2v) is 10.4. The summed E-state index contributed by atoms with van der Waals surface area (Å²) >= 11 is 2.20. The molecule has 32 heavy (non-hydrogen) atoms. The molecule has 0 bridgehead atoms. The van der Waals surface area contributed by atoms with Crippen LogP contribution >= 0.6 is 22.6 Å². The van der Waals surface area contributed by atoms with E-state index in [9.17, 15) is 14.0 Å². The first kappa shape index (κ1) is 24.5. The Morgan fingerprint density at radius 1 is 1.25 bits per heavy atom. The van der Waals surface area contributed by atoms with Gasteiger partial charge in [-0.15, -0.1) is 0 Å². The predicted molar refractivity (Wildman–Crippen MR) is 131 cm³/mol. The van der Waals surface area contributed by atoms with Crippen molar-refractivity contribution >= 4 is 46.2 Å². The Bertz CT molecular complexity index is 920. The Balaban J connectivity index is 1.77. The van der Waals surface area contributed by atoms with Gasteiger partial charge in [-0.05, 0) is 105 Å². The lowest BCUT2D eigenvalue weighted by Gasteiger charge is -2.36. The summed E-state index contributed by atoms with van der Waals surface area (Å²) in [4.78, 5) is 30.1. The summed E-state index contributed by atoms with van der Waals surface area (Å²) in [5.74, 6) is 0.436. The Morgan fingerprint density at radius 3 is 2.53 bits per heavy atom. The molecule has 3 rings (SSSR count). The van der Waals surface area contributed by atoms with Crippen LogP contribution in [-0.4, -0.2) is 47.2 Å². The maximum atomic E-state index is 14.5. The third kappa shape index (κ3) is 6.66.